The number of carbonyl (C=O) groups excluding carboxylic acids is 3. The van der Waals surface area contributed by atoms with Crippen LogP contribution in [0.2, 0.25) is 0 Å². The second-order valence-electron chi connectivity index (χ2n) is 8.82. The number of ether oxygens (including phenoxy) is 3. The average Bonchev–Trinajstić information content (AvgIpc) is 2.94. The van der Waals surface area contributed by atoms with Crippen LogP contribution in [0.15, 0.2) is 65.8 Å². The lowest BCUT2D eigenvalue weighted by atomic mass is 10.1. The molecule has 210 valence electrons. The zero-order chi connectivity index (χ0) is 28.9. The molecule has 3 aromatic rings. The van der Waals surface area contributed by atoms with Gasteiger partial charge in [0.2, 0.25) is 0 Å². The van der Waals surface area contributed by atoms with Gasteiger partial charge in [0.1, 0.15) is 5.75 Å². The minimum Gasteiger partial charge on any atom is -0.494 e. The number of rotatable bonds is 12. The number of hydrogen-bond donors (Lipinski definition) is 3. The predicted molar refractivity (Wildman–Crippen MR) is 154 cm³/mol. The van der Waals surface area contributed by atoms with Gasteiger partial charge in [0.05, 0.1) is 19.4 Å². The Morgan fingerprint density at radius 2 is 1.60 bits per heavy atom. The molecule has 3 rings (SSSR count). The van der Waals surface area contributed by atoms with Crippen LogP contribution in [0, 0.1) is 13.8 Å². The van der Waals surface area contributed by atoms with E-state index in [1.807, 2.05) is 45.9 Å². The smallest absolute Gasteiger partial charge is 0.329 e. The fourth-order valence-electron chi connectivity index (χ4n) is 3.45. The van der Waals surface area contributed by atoms with Gasteiger partial charge in [-0.2, -0.15) is 5.10 Å². The molecule has 0 spiro atoms. The molecule has 0 aliphatic carbocycles. The minimum atomic E-state index is -0.928. The largest absolute Gasteiger partial charge is 0.494 e. The SMILES string of the molecule is CCCOc1ccc(NC(=O)C(=O)N/N=C\c2ccc(OCC(=O)Nc3cc(C)ccc3C)c(OCC)c2)cc1. The van der Waals surface area contributed by atoms with Crippen molar-refractivity contribution >= 4 is 35.3 Å². The Morgan fingerprint density at radius 1 is 0.825 bits per heavy atom. The van der Waals surface area contributed by atoms with Crippen LogP contribution in [0.3, 0.4) is 0 Å². The summed E-state index contributed by atoms with van der Waals surface area (Å²) >= 11 is 0. The van der Waals surface area contributed by atoms with E-state index in [2.05, 4.69) is 21.2 Å². The van der Waals surface area contributed by atoms with Crippen LogP contribution >= 0.6 is 0 Å². The molecular weight excluding hydrogens is 512 g/mol. The van der Waals surface area contributed by atoms with Gasteiger partial charge in [-0.1, -0.05) is 19.1 Å². The Kier molecular flexibility index (Phi) is 11.1. The molecule has 3 N–H and O–H groups in total. The normalized spacial score (nSPS) is 10.6. The van der Waals surface area contributed by atoms with Crippen molar-refractivity contribution in [3.63, 3.8) is 0 Å². The second kappa shape index (κ2) is 14.9. The van der Waals surface area contributed by atoms with E-state index in [-0.39, 0.29) is 12.5 Å². The fraction of sp³-hybridized carbons (Fsp3) is 0.267. The lowest BCUT2D eigenvalue weighted by molar-refractivity contribution is -0.136. The number of benzene rings is 3. The van der Waals surface area contributed by atoms with Crippen molar-refractivity contribution in [3.8, 4) is 17.2 Å². The summed E-state index contributed by atoms with van der Waals surface area (Å²) in [5.41, 5.74) is 5.96. The minimum absolute atomic E-state index is 0.208. The highest BCUT2D eigenvalue weighted by molar-refractivity contribution is 6.39. The first kappa shape index (κ1) is 29.7. The third kappa shape index (κ3) is 9.16. The quantitative estimate of drug-likeness (QED) is 0.173. The van der Waals surface area contributed by atoms with E-state index < -0.39 is 11.8 Å². The maximum absolute atomic E-state index is 12.4. The number of aryl methyl sites for hydroxylation is 2. The van der Waals surface area contributed by atoms with E-state index in [1.165, 1.54) is 6.21 Å². The Balaban J connectivity index is 1.53. The monoisotopic (exact) mass is 546 g/mol. The van der Waals surface area contributed by atoms with E-state index >= 15 is 0 Å². The second-order valence-corrected chi connectivity index (χ2v) is 8.82. The van der Waals surface area contributed by atoms with E-state index in [0.29, 0.717) is 41.7 Å². The Hall–Kier alpha value is -4.86. The number of nitrogens with one attached hydrogen (secondary N) is 3. The molecular formula is C30H34N4O6. The zero-order valence-corrected chi connectivity index (χ0v) is 23.1. The first-order chi connectivity index (χ1) is 19.3. The number of hydrazone groups is 1. The topological polar surface area (TPSA) is 127 Å². The molecule has 0 saturated heterocycles. The standard InChI is InChI=1S/C30H34N4O6/c1-5-15-39-24-12-10-23(11-13-24)32-29(36)30(37)34-31-18-22-9-14-26(27(17-22)38-6-2)40-19-28(35)33-25-16-20(3)7-8-21(25)4/h7-14,16-18H,5-6,15,19H2,1-4H3,(H,32,36)(H,33,35)(H,34,37)/b31-18-. The Bertz CT molecular complexity index is 1350. The molecule has 0 bridgehead atoms. The van der Waals surface area contributed by atoms with Gasteiger partial charge in [-0.15, -0.1) is 0 Å². The summed E-state index contributed by atoms with van der Waals surface area (Å²) in [6.45, 7) is 8.46. The fourth-order valence-corrected chi connectivity index (χ4v) is 3.45. The van der Waals surface area contributed by atoms with E-state index in [9.17, 15) is 14.4 Å². The molecule has 0 fully saturated rings. The van der Waals surface area contributed by atoms with Crippen LogP contribution in [0.5, 0.6) is 17.2 Å². The Labute approximate surface area is 233 Å². The van der Waals surface area contributed by atoms with Gasteiger partial charge in [-0.3, -0.25) is 14.4 Å². The maximum atomic E-state index is 12.4. The van der Waals surface area contributed by atoms with Gasteiger partial charge >= 0.3 is 11.8 Å². The summed E-state index contributed by atoms with van der Waals surface area (Å²) < 4.78 is 16.8. The molecule has 0 unspecified atom stereocenters. The Morgan fingerprint density at radius 3 is 2.33 bits per heavy atom. The molecule has 3 amide bonds. The first-order valence-corrected chi connectivity index (χ1v) is 12.9. The molecule has 0 atom stereocenters. The van der Waals surface area contributed by atoms with Crippen molar-refractivity contribution in [1.82, 2.24) is 5.43 Å². The van der Waals surface area contributed by atoms with Crippen LogP contribution in [0.25, 0.3) is 0 Å². The third-order valence-electron chi connectivity index (χ3n) is 5.46. The molecule has 0 aromatic heterocycles. The summed E-state index contributed by atoms with van der Waals surface area (Å²) in [6, 6.07) is 17.5. The molecule has 0 aliphatic rings. The molecule has 10 heteroatoms. The van der Waals surface area contributed by atoms with Gasteiger partial charge in [0, 0.05) is 11.4 Å². The number of amides is 3. The molecule has 40 heavy (non-hydrogen) atoms. The lowest BCUT2D eigenvalue weighted by Gasteiger charge is -2.13. The van der Waals surface area contributed by atoms with E-state index in [0.717, 1.165) is 23.2 Å². The highest BCUT2D eigenvalue weighted by Crippen LogP contribution is 2.28. The molecule has 0 radical (unpaired) electrons. The van der Waals surface area contributed by atoms with Gasteiger partial charge < -0.3 is 24.8 Å². The van der Waals surface area contributed by atoms with Crippen molar-refractivity contribution in [2.45, 2.75) is 34.1 Å². The summed E-state index contributed by atoms with van der Waals surface area (Å²) in [7, 11) is 0. The molecule has 10 nitrogen and oxygen atoms in total. The van der Waals surface area contributed by atoms with E-state index in [4.69, 9.17) is 14.2 Å². The van der Waals surface area contributed by atoms with Crippen molar-refractivity contribution < 1.29 is 28.6 Å². The van der Waals surface area contributed by atoms with Crippen LogP contribution in [-0.4, -0.2) is 43.8 Å². The van der Waals surface area contributed by atoms with E-state index in [1.54, 1.807) is 42.5 Å². The molecule has 0 heterocycles. The molecule has 3 aromatic carbocycles. The van der Waals surface area contributed by atoms with Crippen molar-refractivity contribution in [3.05, 3.63) is 77.4 Å². The summed E-state index contributed by atoms with van der Waals surface area (Å²) in [5, 5.41) is 9.21. The zero-order valence-electron chi connectivity index (χ0n) is 23.1. The lowest BCUT2D eigenvalue weighted by Crippen LogP contribution is -2.32. The average molecular weight is 547 g/mol. The van der Waals surface area contributed by atoms with Crippen LogP contribution < -0.4 is 30.3 Å². The van der Waals surface area contributed by atoms with Crippen LogP contribution in [-0.2, 0) is 14.4 Å². The van der Waals surface area contributed by atoms with Gasteiger partial charge in [-0.05, 0) is 92.4 Å². The summed E-state index contributed by atoms with van der Waals surface area (Å²) in [4.78, 5) is 36.8. The molecule has 0 saturated carbocycles. The first-order valence-electron chi connectivity index (χ1n) is 12.9. The van der Waals surface area contributed by atoms with Crippen molar-refractivity contribution in [2.24, 2.45) is 5.10 Å². The molecule has 0 aliphatic heterocycles. The third-order valence-corrected chi connectivity index (χ3v) is 5.46. The predicted octanol–water partition coefficient (Wildman–Crippen LogP) is 4.60. The van der Waals surface area contributed by atoms with Gasteiger partial charge in [-0.25, -0.2) is 5.43 Å². The highest BCUT2D eigenvalue weighted by atomic mass is 16.5. The van der Waals surface area contributed by atoms with Crippen LogP contribution in [0.4, 0.5) is 11.4 Å². The number of hydrogen-bond acceptors (Lipinski definition) is 7. The highest BCUT2D eigenvalue weighted by Gasteiger charge is 2.14. The number of nitrogens with zero attached hydrogens (tertiary/aromatic N) is 1. The van der Waals surface area contributed by atoms with Gasteiger partial charge in [0.15, 0.2) is 18.1 Å². The number of anilines is 2. The van der Waals surface area contributed by atoms with Crippen molar-refractivity contribution in [2.75, 3.05) is 30.5 Å². The van der Waals surface area contributed by atoms with Gasteiger partial charge in [0.25, 0.3) is 5.91 Å². The number of carbonyl (C=O) groups is 3. The van der Waals surface area contributed by atoms with Crippen LogP contribution in [0.1, 0.15) is 37.0 Å². The van der Waals surface area contributed by atoms with Crippen molar-refractivity contribution in [1.29, 1.82) is 0 Å². The summed E-state index contributed by atoms with van der Waals surface area (Å²) in [6.07, 6.45) is 2.25. The maximum Gasteiger partial charge on any atom is 0.329 e. The summed E-state index contributed by atoms with van der Waals surface area (Å²) in [5.74, 6) is -0.633.